The topological polar surface area (TPSA) is 79.2 Å². The second-order valence-corrected chi connectivity index (χ2v) is 5.24. The Labute approximate surface area is 112 Å². The summed E-state index contributed by atoms with van der Waals surface area (Å²) in [5.74, 6) is 0.243. The molecule has 2 atom stereocenters. The van der Waals surface area contributed by atoms with Crippen molar-refractivity contribution in [1.29, 1.82) is 0 Å². The van der Waals surface area contributed by atoms with Crippen LogP contribution in [0, 0.1) is 5.92 Å². The molecular formula is C14H19N3O2. The minimum atomic E-state index is -0.477. The summed E-state index contributed by atoms with van der Waals surface area (Å²) in [6, 6.07) is 3.37. The number of amides is 1. The number of carbonyl (C=O) groups excluding carboxylic acids is 1. The average Bonchev–Trinajstić information content (AvgIpc) is 2.37. The van der Waals surface area contributed by atoms with Crippen LogP contribution in [0.15, 0.2) is 35.4 Å². The quantitative estimate of drug-likeness (QED) is 0.790. The average molecular weight is 261 g/mol. The fraction of sp³-hybridized carbons (Fsp3) is 0.429. The molecule has 102 valence electrons. The predicted molar refractivity (Wildman–Crippen MR) is 73.5 cm³/mol. The predicted octanol–water partition coefficient (Wildman–Crippen LogP) is 0.799. The molecule has 3 N–H and O–H groups in total. The number of aromatic nitrogens is 1. The van der Waals surface area contributed by atoms with Gasteiger partial charge in [0, 0.05) is 31.3 Å². The van der Waals surface area contributed by atoms with Gasteiger partial charge in [0.1, 0.15) is 0 Å². The van der Waals surface area contributed by atoms with Gasteiger partial charge in [-0.25, -0.2) is 0 Å². The van der Waals surface area contributed by atoms with Gasteiger partial charge >= 0.3 is 0 Å². The standard InChI is InChI=1S/C14H19N3O2/c1-9-5-12(11-3-4-13(18)16-6-11)8-17(7-9)10(2)14(15)19/h3-4,6,9,12H,2,5,7-8H2,1H3,(H2,15,19)(H,16,18)/t9-,12-/m1/s1. The Bertz CT molecular complexity index is 529. The van der Waals surface area contributed by atoms with Crippen LogP contribution in [0.2, 0.25) is 0 Å². The molecule has 0 aliphatic carbocycles. The first-order valence-electron chi connectivity index (χ1n) is 6.39. The number of hydrogen-bond acceptors (Lipinski definition) is 3. The highest BCUT2D eigenvalue weighted by atomic mass is 16.1. The third kappa shape index (κ3) is 3.05. The summed E-state index contributed by atoms with van der Waals surface area (Å²) in [5.41, 5.74) is 6.62. The monoisotopic (exact) mass is 261 g/mol. The van der Waals surface area contributed by atoms with Crippen molar-refractivity contribution in [3.63, 3.8) is 0 Å². The summed E-state index contributed by atoms with van der Waals surface area (Å²) in [6.07, 6.45) is 2.77. The number of hydrogen-bond donors (Lipinski definition) is 2. The number of primary amides is 1. The highest BCUT2D eigenvalue weighted by Gasteiger charge is 2.27. The van der Waals surface area contributed by atoms with Gasteiger partial charge in [-0.15, -0.1) is 0 Å². The van der Waals surface area contributed by atoms with Crippen molar-refractivity contribution < 1.29 is 4.79 Å². The van der Waals surface area contributed by atoms with E-state index in [1.807, 2.05) is 11.0 Å². The Balaban J connectivity index is 2.18. The van der Waals surface area contributed by atoms with E-state index >= 15 is 0 Å². The van der Waals surface area contributed by atoms with Gasteiger partial charge in [0.2, 0.25) is 5.56 Å². The van der Waals surface area contributed by atoms with Crippen molar-refractivity contribution in [3.8, 4) is 0 Å². The van der Waals surface area contributed by atoms with Crippen molar-refractivity contribution in [3.05, 3.63) is 46.5 Å². The Hall–Kier alpha value is -2.04. The van der Waals surface area contributed by atoms with E-state index in [4.69, 9.17) is 5.73 Å². The molecule has 0 radical (unpaired) electrons. The Morgan fingerprint density at radius 3 is 2.79 bits per heavy atom. The number of carbonyl (C=O) groups is 1. The molecule has 0 spiro atoms. The summed E-state index contributed by atoms with van der Waals surface area (Å²) >= 11 is 0. The number of nitrogens with two attached hydrogens (primary N) is 1. The number of H-pyrrole nitrogens is 1. The van der Waals surface area contributed by atoms with Gasteiger partial charge in [-0.2, -0.15) is 0 Å². The van der Waals surface area contributed by atoms with Crippen LogP contribution < -0.4 is 11.3 Å². The van der Waals surface area contributed by atoms with Crippen LogP contribution in [-0.4, -0.2) is 28.9 Å². The van der Waals surface area contributed by atoms with Crippen LogP contribution >= 0.6 is 0 Å². The van der Waals surface area contributed by atoms with Gasteiger partial charge in [0.05, 0.1) is 5.70 Å². The summed E-state index contributed by atoms with van der Waals surface area (Å²) in [5, 5.41) is 0. The van der Waals surface area contributed by atoms with E-state index < -0.39 is 5.91 Å². The lowest BCUT2D eigenvalue weighted by Crippen LogP contribution is -2.41. The normalized spacial score (nSPS) is 23.1. The minimum Gasteiger partial charge on any atom is -0.367 e. The van der Waals surface area contributed by atoms with E-state index in [0.717, 1.165) is 18.5 Å². The second kappa shape index (κ2) is 5.30. The first-order valence-corrected chi connectivity index (χ1v) is 6.39. The molecule has 0 unspecified atom stereocenters. The summed E-state index contributed by atoms with van der Waals surface area (Å²) in [7, 11) is 0. The van der Waals surface area contributed by atoms with E-state index in [1.165, 1.54) is 6.07 Å². The molecule has 1 fully saturated rings. The molecule has 0 bridgehead atoms. The second-order valence-electron chi connectivity index (χ2n) is 5.24. The van der Waals surface area contributed by atoms with Crippen molar-refractivity contribution >= 4 is 5.91 Å². The van der Waals surface area contributed by atoms with Crippen LogP contribution in [0.5, 0.6) is 0 Å². The van der Waals surface area contributed by atoms with Gasteiger partial charge in [0.15, 0.2) is 0 Å². The first kappa shape index (κ1) is 13.4. The summed E-state index contributed by atoms with van der Waals surface area (Å²) < 4.78 is 0. The molecule has 0 aromatic carbocycles. The van der Waals surface area contributed by atoms with E-state index in [9.17, 15) is 9.59 Å². The van der Waals surface area contributed by atoms with E-state index in [2.05, 4.69) is 18.5 Å². The molecule has 5 heteroatoms. The maximum absolute atomic E-state index is 11.2. The largest absolute Gasteiger partial charge is 0.367 e. The molecule has 0 saturated carbocycles. The maximum atomic E-state index is 11.2. The number of likely N-dealkylation sites (tertiary alicyclic amines) is 1. The van der Waals surface area contributed by atoms with Crippen LogP contribution in [0.1, 0.15) is 24.8 Å². The number of nitrogens with one attached hydrogen (secondary N) is 1. The lowest BCUT2D eigenvalue weighted by Gasteiger charge is -2.38. The van der Waals surface area contributed by atoms with E-state index in [1.54, 1.807) is 6.20 Å². The highest BCUT2D eigenvalue weighted by Crippen LogP contribution is 2.30. The lowest BCUT2D eigenvalue weighted by atomic mass is 9.86. The number of piperidine rings is 1. The molecule has 1 saturated heterocycles. The van der Waals surface area contributed by atoms with Gasteiger partial charge in [0.25, 0.3) is 5.91 Å². The number of nitrogens with zero attached hydrogens (tertiary/aromatic N) is 1. The van der Waals surface area contributed by atoms with Crippen molar-refractivity contribution in [1.82, 2.24) is 9.88 Å². The Morgan fingerprint density at radius 2 is 2.21 bits per heavy atom. The zero-order chi connectivity index (χ0) is 14.0. The van der Waals surface area contributed by atoms with Crippen LogP contribution in [0.4, 0.5) is 0 Å². The number of pyridine rings is 1. The van der Waals surface area contributed by atoms with Crippen molar-refractivity contribution in [2.24, 2.45) is 11.7 Å². The lowest BCUT2D eigenvalue weighted by molar-refractivity contribution is -0.116. The van der Waals surface area contributed by atoms with E-state index in [0.29, 0.717) is 18.2 Å². The Kier molecular flexibility index (Phi) is 3.74. The molecule has 2 rings (SSSR count). The van der Waals surface area contributed by atoms with Crippen molar-refractivity contribution in [2.75, 3.05) is 13.1 Å². The van der Waals surface area contributed by atoms with Gasteiger partial charge in [-0.05, 0) is 17.9 Å². The number of aromatic amines is 1. The third-order valence-corrected chi connectivity index (χ3v) is 3.61. The SMILES string of the molecule is C=C(C(N)=O)N1C[C@H](C)C[C@@H](c2ccc(=O)[nH]c2)C1. The fourth-order valence-electron chi connectivity index (χ4n) is 2.65. The molecule has 1 aromatic heterocycles. The van der Waals surface area contributed by atoms with Crippen molar-refractivity contribution in [2.45, 2.75) is 19.3 Å². The molecule has 19 heavy (non-hydrogen) atoms. The summed E-state index contributed by atoms with van der Waals surface area (Å²) in [4.78, 5) is 26.9. The Morgan fingerprint density at radius 1 is 1.47 bits per heavy atom. The first-order chi connectivity index (χ1) is 8.97. The van der Waals surface area contributed by atoms with Gasteiger partial charge < -0.3 is 15.6 Å². The van der Waals surface area contributed by atoms with Crippen LogP contribution in [-0.2, 0) is 4.79 Å². The molecule has 1 aromatic rings. The van der Waals surface area contributed by atoms with E-state index in [-0.39, 0.29) is 11.5 Å². The number of rotatable bonds is 3. The molecule has 5 nitrogen and oxygen atoms in total. The zero-order valence-electron chi connectivity index (χ0n) is 11.1. The summed E-state index contributed by atoms with van der Waals surface area (Å²) in [6.45, 7) is 7.39. The zero-order valence-corrected chi connectivity index (χ0v) is 11.1. The molecular weight excluding hydrogens is 242 g/mol. The van der Waals surface area contributed by atoms with Gasteiger partial charge in [-0.1, -0.05) is 19.6 Å². The molecule has 1 aliphatic heterocycles. The minimum absolute atomic E-state index is 0.106. The third-order valence-electron chi connectivity index (χ3n) is 3.61. The van der Waals surface area contributed by atoms with Gasteiger partial charge in [-0.3, -0.25) is 9.59 Å². The smallest absolute Gasteiger partial charge is 0.264 e. The van der Waals surface area contributed by atoms with Crippen LogP contribution in [0.25, 0.3) is 0 Å². The molecule has 2 heterocycles. The highest BCUT2D eigenvalue weighted by molar-refractivity contribution is 5.90. The fourth-order valence-corrected chi connectivity index (χ4v) is 2.65. The van der Waals surface area contributed by atoms with Crippen LogP contribution in [0.3, 0.4) is 0 Å². The molecule has 1 aliphatic rings. The maximum Gasteiger partial charge on any atom is 0.264 e. The molecule has 1 amide bonds.